The molecule has 4 nitrogen and oxygen atoms in total. The number of rotatable bonds is 6. The molecule has 7 heteroatoms. The van der Waals surface area contributed by atoms with Crippen molar-refractivity contribution in [2.45, 2.75) is 12.8 Å². The zero-order valence-electron chi connectivity index (χ0n) is 25.6. The van der Waals surface area contributed by atoms with Gasteiger partial charge < -0.3 is 0 Å². The van der Waals surface area contributed by atoms with Crippen LogP contribution in [0.25, 0.3) is 0 Å². The van der Waals surface area contributed by atoms with Crippen LogP contribution in [0.3, 0.4) is 0 Å². The summed E-state index contributed by atoms with van der Waals surface area (Å²) in [5, 5.41) is 17.0. The molecule has 6 aromatic rings. The van der Waals surface area contributed by atoms with E-state index in [1.807, 2.05) is 0 Å². The van der Waals surface area contributed by atoms with Gasteiger partial charge in [0.25, 0.3) is 11.8 Å². The summed E-state index contributed by atoms with van der Waals surface area (Å²) in [6.07, 6.45) is 0.296. The maximum absolute atomic E-state index is 10.2. The van der Waals surface area contributed by atoms with Gasteiger partial charge in [0.2, 0.25) is 0 Å². The minimum atomic E-state index is -0.505. The minimum absolute atomic E-state index is 0. The van der Waals surface area contributed by atoms with Gasteiger partial charge in [0, 0.05) is 35.2 Å². The van der Waals surface area contributed by atoms with Crippen molar-refractivity contribution in [2.75, 3.05) is 0 Å². The monoisotopic (exact) mass is 746 g/mol. The molecule has 47 heavy (non-hydrogen) atoms. The zero-order valence-corrected chi connectivity index (χ0v) is 28.9. The normalized spacial score (nSPS) is 12.0. The predicted molar refractivity (Wildman–Crippen MR) is 193 cm³/mol. The Morgan fingerprint density at radius 1 is 0.362 bits per heavy atom. The molecule has 0 saturated carbocycles. The molecule has 1 saturated heterocycles. The van der Waals surface area contributed by atoms with Crippen LogP contribution in [0, 0.1) is 0 Å². The second kappa shape index (κ2) is 19.0. The standard InChI is InChI=1S/2C18H15P.C4H5NO3.Ag/c2*1-4-10-16(11-5-1)19(17-12-6-2-7-13-17)18-14-8-3-9-15-18;6-3-1-2-4(7)5(3)8;/h2*1-15H;8H,1-2H2;. The molecule has 1 fully saturated rings. The van der Waals surface area contributed by atoms with Gasteiger partial charge in [-0.1, -0.05) is 182 Å². The number of amides is 2. The molecule has 0 atom stereocenters. The van der Waals surface area contributed by atoms with Gasteiger partial charge in [0.1, 0.15) is 0 Å². The largest absolute Gasteiger partial charge is 0.279 e. The third kappa shape index (κ3) is 10.3. The molecule has 1 aliphatic heterocycles. The van der Waals surface area contributed by atoms with Crippen molar-refractivity contribution in [2.24, 2.45) is 0 Å². The topological polar surface area (TPSA) is 57.6 Å². The molecule has 1 heterocycles. The van der Waals surface area contributed by atoms with E-state index in [2.05, 4.69) is 182 Å². The van der Waals surface area contributed by atoms with Crippen LogP contribution < -0.4 is 31.8 Å². The summed E-state index contributed by atoms with van der Waals surface area (Å²) in [4.78, 5) is 20.5. The summed E-state index contributed by atoms with van der Waals surface area (Å²) in [6, 6.07) is 64.7. The van der Waals surface area contributed by atoms with E-state index in [1.165, 1.54) is 31.8 Å². The first-order valence-corrected chi connectivity index (χ1v) is 17.8. The van der Waals surface area contributed by atoms with E-state index in [-0.39, 0.29) is 40.3 Å². The predicted octanol–water partition coefficient (Wildman–Crippen LogP) is 6.41. The van der Waals surface area contributed by atoms with Gasteiger partial charge in [-0.25, -0.2) is 0 Å². The second-order valence-electron chi connectivity index (χ2n) is 10.3. The first-order valence-electron chi connectivity index (χ1n) is 15.1. The Morgan fingerprint density at radius 3 is 0.660 bits per heavy atom. The van der Waals surface area contributed by atoms with Gasteiger partial charge in [0.15, 0.2) is 0 Å². The average Bonchev–Trinajstić information content (AvgIpc) is 3.42. The smallest absolute Gasteiger partial charge is 0.253 e. The van der Waals surface area contributed by atoms with Gasteiger partial charge in [-0.05, 0) is 47.7 Å². The summed E-state index contributed by atoms with van der Waals surface area (Å²) >= 11 is 0. The van der Waals surface area contributed by atoms with E-state index in [0.29, 0.717) is 0 Å². The van der Waals surface area contributed by atoms with Gasteiger partial charge >= 0.3 is 0 Å². The number of imide groups is 1. The first kappa shape index (κ1) is 35.9. The first-order chi connectivity index (χ1) is 22.6. The van der Waals surface area contributed by atoms with E-state index in [4.69, 9.17) is 5.21 Å². The SMILES string of the molecule is O=C1CCC(=O)N1O.[Ag].c1ccc(P(c2ccccc2)c2ccccc2)cc1.c1ccc(P(c2ccccc2)c2ccccc2)cc1. The number of nitrogens with zero attached hydrogens (tertiary/aromatic N) is 1. The van der Waals surface area contributed by atoms with Crippen LogP contribution in [0.4, 0.5) is 0 Å². The Balaban J connectivity index is 0.000000171. The summed E-state index contributed by atoms with van der Waals surface area (Å²) in [6.45, 7) is 0. The van der Waals surface area contributed by atoms with Crippen molar-refractivity contribution < 1.29 is 37.2 Å². The summed E-state index contributed by atoms with van der Waals surface area (Å²) in [5.41, 5.74) is 0. The molecule has 0 aliphatic carbocycles. The molecule has 7 rings (SSSR count). The van der Waals surface area contributed by atoms with Crippen molar-refractivity contribution in [3.63, 3.8) is 0 Å². The molecule has 6 aromatic carbocycles. The third-order valence-electron chi connectivity index (χ3n) is 7.11. The molecule has 239 valence electrons. The summed E-state index contributed by atoms with van der Waals surface area (Å²) < 4.78 is 0. The van der Waals surface area contributed by atoms with Crippen LogP contribution in [0.2, 0.25) is 0 Å². The van der Waals surface area contributed by atoms with Crippen LogP contribution in [0.15, 0.2) is 182 Å². The maximum atomic E-state index is 10.2. The third-order valence-corrected chi connectivity index (χ3v) is 12.0. The number of hydroxylamine groups is 2. The number of hydrogen-bond acceptors (Lipinski definition) is 3. The van der Waals surface area contributed by atoms with Crippen molar-refractivity contribution in [3.05, 3.63) is 182 Å². The quantitative estimate of drug-likeness (QED) is 0.0929. The van der Waals surface area contributed by atoms with Crippen LogP contribution in [0.5, 0.6) is 0 Å². The molecular formula is C40H35AgNO3P2. The van der Waals surface area contributed by atoms with Crippen LogP contribution in [-0.2, 0) is 32.0 Å². The summed E-state index contributed by atoms with van der Waals surface area (Å²) in [7, 11) is -0.892. The summed E-state index contributed by atoms with van der Waals surface area (Å²) in [5.74, 6) is -1.01. The van der Waals surface area contributed by atoms with Crippen LogP contribution >= 0.6 is 15.8 Å². The van der Waals surface area contributed by atoms with Gasteiger partial charge in [-0.3, -0.25) is 14.8 Å². The number of carbonyl (C=O) groups excluding carboxylic acids is 2. The molecule has 1 N–H and O–H groups in total. The van der Waals surface area contributed by atoms with E-state index < -0.39 is 27.7 Å². The van der Waals surface area contributed by atoms with Gasteiger partial charge in [-0.15, -0.1) is 0 Å². The molecular weight excluding hydrogens is 712 g/mol. The van der Waals surface area contributed by atoms with Crippen molar-refractivity contribution in [1.82, 2.24) is 5.06 Å². The number of carbonyl (C=O) groups is 2. The van der Waals surface area contributed by atoms with E-state index in [0.717, 1.165) is 0 Å². The Labute approximate surface area is 295 Å². The fourth-order valence-electron chi connectivity index (χ4n) is 4.92. The number of hydrogen-bond donors (Lipinski definition) is 1. The van der Waals surface area contributed by atoms with Crippen LogP contribution in [0.1, 0.15) is 12.8 Å². The molecule has 2 amide bonds. The Bertz CT molecular complexity index is 1460. The molecule has 0 unspecified atom stereocenters. The molecule has 0 spiro atoms. The Kier molecular flexibility index (Phi) is 14.5. The van der Waals surface area contributed by atoms with E-state index in [9.17, 15) is 9.59 Å². The maximum Gasteiger partial charge on any atom is 0.253 e. The fraction of sp³-hybridized carbons (Fsp3) is 0.0500. The second-order valence-corrected chi connectivity index (χ2v) is 14.7. The minimum Gasteiger partial charge on any atom is -0.279 e. The van der Waals surface area contributed by atoms with E-state index >= 15 is 0 Å². The van der Waals surface area contributed by atoms with E-state index in [1.54, 1.807) is 0 Å². The van der Waals surface area contributed by atoms with Gasteiger partial charge in [0.05, 0.1) is 0 Å². The number of benzene rings is 6. The Morgan fingerprint density at radius 2 is 0.532 bits per heavy atom. The van der Waals surface area contributed by atoms with Crippen molar-refractivity contribution >= 4 is 59.5 Å². The van der Waals surface area contributed by atoms with Crippen molar-refractivity contribution in [1.29, 1.82) is 0 Å². The zero-order chi connectivity index (χ0) is 32.0. The van der Waals surface area contributed by atoms with Crippen LogP contribution in [-0.4, -0.2) is 22.1 Å². The molecule has 0 bridgehead atoms. The average molecular weight is 748 g/mol. The van der Waals surface area contributed by atoms with Gasteiger partial charge in [-0.2, -0.15) is 5.06 Å². The Hall–Kier alpha value is -3.98. The molecule has 0 aromatic heterocycles. The van der Waals surface area contributed by atoms with Crippen molar-refractivity contribution in [3.8, 4) is 0 Å². The fourth-order valence-corrected chi connectivity index (χ4v) is 9.53. The molecule has 1 aliphatic rings. The molecule has 1 radical (unpaired) electrons.